The molecule has 2 heteroatoms. The summed E-state index contributed by atoms with van der Waals surface area (Å²) in [6, 6.07) is 0. The van der Waals surface area contributed by atoms with Crippen molar-refractivity contribution in [2.45, 2.75) is 44.8 Å². The van der Waals surface area contributed by atoms with Gasteiger partial charge < -0.3 is 9.84 Å². The lowest BCUT2D eigenvalue weighted by molar-refractivity contribution is -0.114. The highest BCUT2D eigenvalue weighted by Crippen LogP contribution is 2.34. The van der Waals surface area contributed by atoms with Gasteiger partial charge in [0.25, 0.3) is 0 Å². The lowest BCUT2D eigenvalue weighted by atomic mass is 9.76. The molecule has 1 fully saturated rings. The molecule has 1 N–H and O–H groups in total. The van der Waals surface area contributed by atoms with E-state index in [-0.39, 0.29) is 11.7 Å². The summed E-state index contributed by atoms with van der Waals surface area (Å²) in [7, 11) is 1.65. The number of hydrogen-bond acceptors (Lipinski definition) is 2. The molecule has 0 radical (unpaired) electrons. The van der Waals surface area contributed by atoms with Gasteiger partial charge in [-0.15, -0.1) is 0 Å². The molecular weight excluding hydrogens is 140 g/mol. The van der Waals surface area contributed by atoms with Gasteiger partial charge in [0.15, 0.2) is 0 Å². The molecule has 1 saturated carbocycles. The van der Waals surface area contributed by atoms with E-state index in [0.29, 0.717) is 5.92 Å². The van der Waals surface area contributed by atoms with Gasteiger partial charge in [0.1, 0.15) is 0 Å². The minimum absolute atomic E-state index is 0.291. The van der Waals surface area contributed by atoms with Crippen molar-refractivity contribution in [1.82, 2.24) is 0 Å². The third-order valence-corrected chi connectivity index (χ3v) is 2.83. The molecule has 0 spiro atoms. The van der Waals surface area contributed by atoms with E-state index in [1.54, 1.807) is 7.11 Å². The molecule has 66 valence electrons. The van der Waals surface area contributed by atoms with Gasteiger partial charge in [-0.2, -0.15) is 0 Å². The molecule has 0 saturated heterocycles. The Bertz CT molecular complexity index is 128. The third kappa shape index (κ3) is 1.74. The van der Waals surface area contributed by atoms with Crippen LogP contribution in [0.2, 0.25) is 0 Å². The van der Waals surface area contributed by atoms with Crippen LogP contribution in [-0.4, -0.2) is 23.9 Å². The monoisotopic (exact) mass is 158 g/mol. The summed E-state index contributed by atoms with van der Waals surface area (Å²) in [5.41, 5.74) is -0.370. The zero-order valence-corrected chi connectivity index (χ0v) is 7.63. The maximum Gasteiger partial charge on any atom is 0.0883 e. The number of hydrogen-bond donors (Lipinski definition) is 1. The second kappa shape index (κ2) is 3.11. The summed E-state index contributed by atoms with van der Waals surface area (Å²) in [5.74, 6) is 0.477. The first kappa shape index (κ1) is 9.01. The summed E-state index contributed by atoms with van der Waals surface area (Å²) in [6.07, 6.45) is 3.30. The Labute approximate surface area is 68.6 Å². The molecule has 1 unspecified atom stereocenters. The standard InChI is InChI=1S/C9H18O2/c1-9(2,11-3)8(10)7-5-4-6-7/h7-8,10H,4-6H2,1-3H3. The van der Waals surface area contributed by atoms with Crippen LogP contribution in [-0.2, 0) is 4.74 Å². The highest BCUT2D eigenvalue weighted by molar-refractivity contribution is 4.88. The van der Waals surface area contributed by atoms with Crippen molar-refractivity contribution < 1.29 is 9.84 Å². The number of aliphatic hydroxyl groups is 1. The first-order valence-corrected chi connectivity index (χ1v) is 4.31. The van der Waals surface area contributed by atoms with Crippen LogP contribution in [0.4, 0.5) is 0 Å². The van der Waals surface area contributed by atoms with Crippen molar-refractivity contribution in [2.24, 2.45) is 5.92 Å². The Morgan fingerprint density at radius 3 is 2.27 bits per heavy atom. The average Bonchev–Trinajstić information content (AvgIpc) is 1.84. The molecule has 0 aliphatic heterocycles. The molecule has 2 nitrogen and oxygen atoms in total. The SMILES string of the molecule is COC(C)(C)C(O)C1CCC1. The van der Waals surface area contributed by atoms with Crippen LogP contribution in [0.5, 0.6) is 0 Å². The minimum atomic E-state index is -0.370. The van der Waals surface area contributed by atoms with Gasteiger partial charge >= 0.3 is 0 Å². The van der Waals surface area contributed by atoms with Crippen molar-refractivity contribution in [3.63, 3.8) is 0 Å². The fourth-order valence-electron chi connectivity index (χ4n) is 1.44. The molecular formula is C9H18O2. The first-order valence-electron chi connectivity index (χ1n) is 4.31. The fraction of sp³-hybridized carbons (Fsp3) is 1.00. The fourth-order valence-corrected chi connectivity index (χ4v) is 1.44. The average molecular weight is 158 g/mol. The molecule has 0 bridgehead atoms. The van der Waals surface area contributed by atoms with Crippen LogP contribution in [0.1, 0.15) is 33.1 Å². The van der Waals surface area contributed by atoms with Gasteiger partial charge in [-0.05, 0) is 32.6 Å². The molecule has 1 rings (SSSR count). The van der Waals surface area contributed by atoms with Crippen LogP contribution in [0, 0.1) is 5.92 Å². The topological polar surface area (TPSA) is 29.5 Å². The number of rotatable bonds is 3. The molecule has 11 heavy (non-hydrogen) atoms. The van der Waals surface area contributed by atoms with E-state index in [1.807, 2.05) is 13.8 Å². The highest BCUT2D eigenvalue weighted by atomic mass is 16.5. The van der Waals surface area contributed by atoms with Crippen molar-refractivity contribution in [2.75, 3.05) is 7.11 Å². The van der Waals surface area contributed by atoms with Crippen LogP contribution in [0.15, 0.2) is 0 Å². The zero-order chi connectivity index (χ0) is 8.48. The molecule has 0 aromatic carbocycles. The Morgan fingerprint density at radius 1 is 1.45 bits per heavy atom. The highest BCUT2D eigenvalue weighted by Gasteiger charge is 2.36. The van der Waals surface area contributed by atoms with E-state index >= 15 is 0 Å². The third-order valence-electron chi connectivity index (χ3n) is 2.83. The summed E-state index contributed by atoms with van der Waals surface area (Å²) in [6.45, 7) is 3.88. The lowest BCUT2D eigenvalue weighted by Gasteiger charge is -2.39. The van der Waals surface area contributed by atoms with E-state index < -0.39 is 0 Å². The zero-order valence-electron chi connectivity index (χ0n) is 7.63. The summed E-state index contributed by atoms with van der Waals surface area (Å²) < 4.78 is 5.21. The van der Waals surface area contributed by atoms with Crippen LogP contribution in [0.25, 0.3) is 0 Å². The van der Waals surface area contributed by atoms with Crippen molar-refractivity contribution in [1.29, 1.82) is 0 Å². The van der Waals surface area contributed by atoms with Gasteiger partial charge in [0, 0.05) is 7.11 Å². The molecule has 1 aliphatic rings. The maximum absolute atomic E-state index is 9.77. The summed E-state index contributed by atoms with van der Waals surface area (Å²) in [4.78, 5) is 0. The Kier molecular flexibility index (Phi) is 2.55. The van der Waals surface area contributed by atoms with Gasteiger partial charge in [0.2, 0.25) is 0 Å². The molecule has 0 aromatic rings. The van der Waals surface area contributed by atoms with E-state index in [0.717, 1.165) is 12.8 Å². The van der Waals surface area contributed by atoms with Gasteiger partial charge in [-0.3, -0.25) is 0 Å². The first-order chi connectivity index (χ1) is 5.08. The molecule has 1 atom stereocenters. The second-order valence-corrected chi connectivity index (χ2v) is 3.94. The normalized spacial score (nSPS) is 22.9. The Morgan fingerprint density at radius 2 is 2.00 bits per heavy atom. The summed E-state index contributed by atoms with van der Waals surface area (Å²) >= 11 is 0. The van der Waals surface area contributed by atoms with Crippen molar-refractivity contribution in [3.8, 4) is 0 Å². The van der Waals surface area contributed by atoms with Gasteiger partial charge in [-0.25, -0.2) is 0 Å². The lowest BCUT2D eigenvalue weighted by Crippen LogP contribution is -2.45. The quantitative estimate of drug-likeness (QED) is 0.675. The molecule has 0 heterocycles. The number of ether oxygens (including phenoxy) is 1. The smallest absolute Gasteiger partial charge is 0.0883 e. The minimum Gasteiger partial charge on any atom is -0.390 e. The maximum atomic E-state index is 9.77. The van der Waals surface area contributed by atoms with E-state index in [9.17, 15) is 5.11 Å². The molecule has 1 aliphatic carbocycles. The van der Waals surface area contributed by atoms with E-state index in [2.05, 4.69) is 0 Å². The predicted octanol–water partition coefficient (Wildman–Crippen LogP) is 1.57. The Balaban J connectivity index is 2.44. The van der Waals surface area contributed by atoms with E-state index in [4.69, 9.17) is 4.74 Å². The molecule has 0 aromatic heterocycles. The van der Waals surface area contributed by atoms with Crippen molar-refractivity contribution in [3.05, 3.63) is 0 Å². The van der Waals surface area contributed by atoms with Gasteiger partial charge in [-0.1, -0.05) is 6.42 Å². The number of methoxy groups -OCH3 is 1. The van der Waals surface area contributed by atoms with Crippen molar-refractivity contribution >= 4 is 0 Å². The van der Waals surface area contributed by atoms with Crippen LogP contribution >= 0.6 is 0 Å². The molecule has 0 amide bonds. The largest absolute Gasteiger partial charge is 0.390 e. The van der Waals surface area contributed by atoms with Crippen LogP contribution in [0.3, 0.4) is 0 Å². The Hall–Kier alpha value is -0.0800. The number of aliphatic hydroxyl groups excluding tert-OH is 1. The van der Waals surface area contributed by atoms with Gasteiger partial charge in [0.05, 0.1) is 11.7 Å². The van der Waals surface area contributed by atoms with Crippen LogP contribution < -0.4 is 0 Å². The second-order valence-electron chi connectivity index (χ2n) is 3.94. The van der Waals surface area contributed by atoms with E-state index in [1.165, 1.54) is 6.42 Å². The summed E-state index contributed by atoms with van der Waals surface area (Å²) in [5, 5.41) is 9.77. The predicted molar refractivity (Wildman–Crippen MR) is 44.4 cm³/mol.